The van der Waals surface area contributed by atoms with Gasteiger partial charge in [-0.2, -0.15) is 0 Å². The Labute approximate surface area is 121 Å². The third kappa shape index (κ3) is 6.37. The molecule has 0 aliphatic rings. The number of nitrogens with one attached hydrogen (secondary N) is 2. The van der Waals surface area contributed by atoms with E-state index < -0.39 is 12.0 Å². The summed E-state index contributed by atoms with van der Waals surface area (Å²) in [4.78, 5) is 36.9. The van der Waals surface area contributed by atoms with Crippen molar-refractivity contribution in [3.05, 3.63) is 24.0 Å². The number of hydrogen-bond donors (Lipinski definition) is 3. The number of nitrogens with zero attached hydrogens (tertiary/aromatic N) is 1. The number of carbonyl (C=O) groups is 3. The van der Waals surface area contributed by atoms with Crippen molar-refractivity contribution in [3.8, 4) is 0 Å². The van der Waals surface area contributed by atoms with Crippen LogP contribution in [0.2, 0.25) is 0 Å². The van der Waals surface area contributed by atoms with Crippen molar-refractivity contribution in [2.75, 3.05) is 18.5 Å². The SMILES string of the molecule is CCOC(=O)CCCNC(=O)Nc1ccc(C(=O)O)nc1. The van der Waals surface area contributed by atoms with Crippen LogP contribution in [0, 0.1) is 0 Å². The van der Waals surface area contributed by atoms with Gasteiger partial charge in [-0.25, -0.2) is 14.6 Å². The number of carbonyl (C=O) groups excluding carboxylic acids is 2. The average molecular weight is 295 g/mol. The maximum atomic E-state index is 11.5. The standard InChI is InChI=1S/C13H17N3O5/c1-2-21-11(17)4-3-7-14-13(20)16-9-5-6-10(12(18)19)15-8-9/h5-6,8H,2-4,7H2,1H3,(H,18,19)(H2,14,16,20). The molecule has 1 aromatic heterocycles. The molecule has 8 nitrogen and oxygen atoms in total. The summed E-state index contributed by atoms with van der Waals surface area (Å²) in [5.41, 5.74) is 0.276. The fourth-order valence-corrected chi connectivity index (χ4v) is 1.44. The summed E-state index contributed by atoms with van der Waals surface area (Å²) in [6.45, 7) is 2.39. The summed E-state index contributed by atoms with van der Waals surface area (Å²) in [5, 5.41) is 13.7. The Morgan fingerprint density at radius 3 is 2.67 bits per heavy atom. The summed E-state index contributed by atoms with van der Waals surface area (Å²) in [6, 6.07) is 2.27. The quantitative estimate of drug-likeness (QED) is 0.514. The van der Waals surface area contributed by atoms with Gasteiger partial charge >= 0.3 is 18.0 Å². The summed E-state index contributed by atoms with van der Waals surface area (Å²) in [6.07, 6.45) is 1.97. The minimum atomic E-state index is -1.13. The number of aromatic carboxylic acids is 1. The van der Waals surface area contributed by atoms with Gasteiger partial charge in [-0.05, 0) is 25.5 Å². The molecular formula is C13H17N3O5. The van der Waals surface area contributed by atoms with Crippen LogP contribution >= 0.6 is 0 Å². The van der Waals surface area contributed by atoms with Gasteiger partial charge in [0.2, 0.25) is 0 Å². The largest absolute Gasteiger partial charge is 0.477 e. The van der Waals surface area contributed by atoms with E-state index in [9.17, 15) is 14.4 Å². The zero-order chi connectivity index (χ0) is 15.7. The zero-order valence-electron chi connectivity index (χ0n) is 11.6. The molecule has 0 fully saturated rings. The topological polar surface area (TPSA) is 118 Å². The van der Waals surface area contributed by atoms with Gasteiger partial charge in [0, 0.05) is 13.0 Å². The van der Waals surface area contributed by atoms with Crippen molar-refractivity contribution >= 4 is 23.7 Å². The maximum absolute atomic E-state index is 11.5. The van der Waals surface area contributed by atoms with Crippen LogP contribution in [-0.2, 0) is 9.53 Å². The number of anilines is 1. The molecule has 0 radical (unpaired) electrons. The molecule has 0 aromatic carbocycles. The van der Waals surface area contributed by atoms with Gasteiger partial charge in [-0.3, -0.25) is 4.79 Å². The number of carboxylic acids is 1. The predicted molar refractivity (Wildman–Crippen MR) is 74.1 cm³/mol. The lowest BCUT2D eigenvalue weighted by Gasteiger charge is -2.07. The monoisotopic (exact) mass is 295 g/mol. The molecule has 0 saturated carbocycles. The Bertz CT molecular complexity index is 501. The van der Waals surface area contributed by atoms with Crippen molar-refractivity contribution in [2.45, 2.75) is 19.8 Å². The number of carboxylic acid groups (broad SMARTS) is 1. The molecule has 1 aromatic rings. The molecule has 114 valence electrons. The Balaban J connectivity index is 2.27. The van der Waals surface area contributed by atoms with E-state index in [0.717, 1.165) is 0 Å². The number of rotatable bonds is 7. The molecule has 1 heterocycles. The van der Waals surface area contributed by atoms with E-state index in [1.807, 2.05) is 0 Å². The number of amides is 2. The van der Waals surface area contributed by atoms with Gasteiger partial charge in [0.15, 0.2) is 0 Å². The van der Waals surface area contributed by atoms with Gasteiger partial charge < -0.3 is 20.5 Å². The second kappa shape index (κ2) is 8.51. The first-order valence-corrected chi connectivity index (χ1v) is 6.42. The fraction of sp³-hybridized carbons (Fsp3) is 0.385. The van der Waals surface area contributed by atoms with E-state index in [-0.39, 0.29) is 18.1 Å². The Hall–Kier alpha value is -2.64. The average Bonchev–Trinajstić information content (AvgIpc) is 2.44. The second-order valence-corrected chi connectivity index (χ2v) is 4.03. The lowest BCUT2D eigenvalue weighted by Crippen LogP contribution is -2.30. The molecular weight excluding hydrogens is 278 g/mol. The molecule has 0 spiro atoms. The summed E-state index contributed by atoms with van der Waals surface area (Å²) >= 11 is 0. The highest BCUT2D eigenvalue weighted by Gasteiger charge is 2.06. The number of urea groups is 1. The Kier molecular flexibility index (Phi) is 6.66. The smallest absolute Gasteiger partial charge is 0.354 e. The molecule has 2 amide bonds. The van der Waals surface area contributed by atoms with Crippen LogP contribution in [0.25, 0.3) is 0 Å². The van der Waals surface area contributed by atoms with Crippen LogP contribution in [0.5, 0.6) is 0 Å². The van der Waals surface area contributed by atoms with Crippen LogP contribution in [-0.4, -0.2) is 41.2 Å². The highest BCUT2D eigenvalue weighted by molar-refractivity contribution is 5.90. The van der Waals surface area contributed by atoms with E-state index >= 15 is 0 Å². The van der Waals surface area contributed by atoms with Crippen molar-refractivity contribution in [2.24, 2.45) is 0 Å². The van der Waals surface area contributed by atoms with Crippen LogP contribution in [0.1, 0.15) is 30.3 Å². The molecule has 21 heavy (non-hydrogen) atoms. The molecule has 0 unspecified atom stereocenters. The van der Waals surface area contributed by atoms with Gasteiger partial charge in [0.1, 0.15) is 5.69 Å². The van der Waals surface area contributed by atoms with E-state index in [1.165, 1.54) is 18.3 Å². The predicted octanol–water partition coefficient (Wildman–Crippen LogP) is 1.24. The van der Waals surface area contributed by atoms with Crippen molar-refractivity contribution < 1.29 is 24.2 Å². The number of ether oxygens (including phenoxy) is 1. The maximum Gasteiger partial charge on any atom is 0.354 e. The van der Waals surface area contributed by atoms with Crippen LogP contribution < -0.4 is 10.6 Å². The first kappa shape index (κ1) is 16.4. The fourth-order valence-electron chi connectivity index (χ4n) is 1.44. The van der Waals surface area contributed by atoms with Crippen LogP contribution in [0.4, 0.5) is 10.5 Å². The van der Waals surface area contributed by atoms with Crippen LogP contribution in [0.15, 0.2) is 18.3 Å². The second-order valence-electron chi connectivity index (χ2n) is 4.03. The number of hydrogen-bond acceptors (Lipinski definition) is 5. The van der Waals surface area contributed by atoms with Crippen molar-refractivity contribution in [1.29, 1.82) is 0 Å². The first-order valence-electron chi connectivity index (χ1n) is 6.42. The van der Waals surface area contributed by atoms with E-state index in [0.29, 0.717) is 25.3 Å². The molecule has 0 aliphatic heterocycles. The van der Waals surface area contributed by atoms with E-state index in [1.54, 1.807) is 6.92 Å². The number of aromatic nitrogens is 1. The van der Waals surface area contributed by atoms with Crippen molar-refractivity contribution in [3.63, 3.8) is 0 Å². The summed E-state index contributed by atoms with van der Waals surface area (Å²) in [7, 11) is 0. The third-order valence-electron chi connectivity index (χ3n) is 2.39. The lowest BCUT2D eigenvalue weighted by molar-refractivity contribution is -0.143. The normalized spacial score (nSPS) is 9.76. The van der Waals surface area contributed by atoms with E-state index in [4.69, 9.17) is 9.84 Å². The Morgan fingerprint density at radius 1 is 1.33 bits per heavy atom. The third-order valence-corrected chi connectivity index (χ3v) is 2.39. The zero-order valence-corrected chi connectivity index (χ0v) is 11.6. The molecule has 0 bridgehead atoms. The molecule has 0 atom stereocenters. The number of esters is 1. The van der Waals surface area contributed by atoms with Gasteiger partial charge in [-0.15, -0.1) is 0 Å². The lowest BCUT2D eigenvalue weighted by atomic mass is 10.3. The summed E-state index contributed by atoms with van der Waals surface area (Å²) in [5.74, 6) is -1.43. The van der Waals surface area contributed by atoms with Gasteiger partial charge in [0.05, 0.1) is 18.5 Å². The van der Waals surface area contributed by atoms with Crippen molar-refractivity contribution in [1.82, 2.24) is 10.3 Å². The molecule has 0 aliphatic carbocycles. The molecule has 8 heteroatoms. The number of pyridine rings is 1. The highest BCUT2D eigenvalue weighted by Crippen LogP contribution is 2.05. The minimum absolute atomic E-state index is 0.101. The first-order chi connectivity index (χ1) is 10.0. The van der Waals surface area contributed by atoms with E-state index in [2.05, 4.69) is 15.6 Å². The molecule has 3 N–H and O–H groups in total. The van der Waals surface area contributed by atoms with Crippen LogP contribution in [0.3, 0.4) is 0 Å². The summed E-state index contributed by atoms with van der Waals surface area (Å²) < 4.78 is 4.75. The highest BCUT2D eigenvalue weighted by atomic mass is 16.5. The van der Waals surface area contributed by atoms with Gasteiger partial charge in [0.25, 0.3) is 0 Å². The molecule has 0 saturated heterocycles. The Morgan fingerprint density at radius 2 is 2.10 bits per heavy atom. The minimum Gasteiger partial charge on any atom is -0.477 e. The van der Waals surface area contributed by atoms with Gasteiger partial charge in [-0.1, -0.05) is 0 Å². The molecule has 1 rings (SSSR count).